The van der Waals surface area contributed by atoms with Crippen LogP contribution in [0.5, 0.6) is 0 Å². The molecular weight excluding hydrogens is 1670 g/mol. The van der Waals surface area contributed by atoms with E-state index < -0.39 is 390 Å². The Labute approximate surface area is 691 Å². The lowest BCUT2D eigenvalue weighted by molar-refractivity contribution is -0.394. The Balaban J connectivity index is 0.945. The van der Waals surface area contributed by atoms with Crippen molar-refractivity contribution in [3.8, 4) is 0 Å². The second-order valence-electron chi connectivity index (χ2n) is 31.0. The van der Waals surface area contributed by atoms with Gasteiger partial charge in [0, 0.05) is 27.7 Å². The highest BCUT2D eigenvalue weighted by atomic mass is 16.8. The molecule has 54 nitrogen and oxygen atoms in total. The highest BCUT2D eigenvalue weighted by molar-refractivity contribution is 5.74. The second kappa shape index (κ2) is 43.6. The van der Waals surface area contributed by atoms with Crippen molar-refractivity contribution in [2.75, 3.05) is 59.5 Å². The molecule has 706 valence electrons. The number of aliphatic hydroxyl groups is 27. The molecule has 4 amide bonds. The fourth-order valence-electron chi connectivity index (χ4n) is 15.8. The maximum absolute atomic E-state index is 13.2. The van der Waals surface area contributed by atoms with E-state index in [4.69, 9.17) is 90.0 Å². The normalized spacial score (nSPS) is 49.7. The van der Waals surface area contributed by atoms with E-state index in [-0.39, 0.29) is 0 Å². The zero-order chi connectivity index (χ0) is 89.8. The third kappa shape index (κ3) is 22.0. The molecule has 0 aromatic carbocycles. The summed E-state index contributed by atoms with van der Waals surface area (Å²) >= 11 is 0. The smallest absolute Gasteiger partial charge is 0.217 e. The minimum absolute atomic E-state index is 0.839. The molecule has 10 aliphatic rings. The number of ether oxygens (including phenoxy) is 19. The van der Waals surface area contributed by atoms with Gasteiger partial charge in [0.2, 0.25) is 23.6 Å². The van der Waals surface area contributed by atoms with Crippen LogP contribution in [0.4, 0.5) is 0 Å². The van der Waals surface area contributed by atoms with Crippen molar-refractivity contribution in [3.05, 3.63) is 0 Å². The average molecular weight is 1790 g/mol. The first kappa shape index (κ1) is 100. The predicted octanol–water partition coefficient (Wildman–Crippen LogP) is -21.2. The van der Waals surface area contributed by atoms with Crippen molar-refractivity contribution in [2.24, 2.45) is 0 Å². The van der Waals surface area contributed by atoms with Gasteiger partial charge in [0.1, 0.15) is 238 Å². The Hall–Kier alpha value is -3.96. The molecule has 0 spiro atoms. The van der Waals surface area contributed by atoms with Crippen molar-refractivity contribution in [1.82, 2.24) is 21.3 Å². The number of rotatable bonds is 31. The summed E-state index contributed by atoms with van der Waals surface area (Å²) in [5, 5.41) is 310. The summed E-state index contributed by atoms with van der Waals surface area (Å²) in [5.74, 6) is -3.67. The fourth-order valence-corrected chi connectivity index (χ4v) is 15.8. The van der Waals surface area contributed by atoms with E-state index >= 15 is 0 Å². The Morgan fingerprint density at radius 2 is 0.492 bits per heavy atom. The third-order valence-corrected chi connectivity index (χ3v) is 22.4. The molecule has 0 bridgehead atoms. The van der Waals surface area contributed by atoms with Crippen molar-refractivity contribution < 1.29 is 247 Å². The van der Waals surface area contributed by atoms with Gasteiger partial charge in [0.05, 0.1) is 65.6 Å². The molecule has 54 heteroatoms. The fraction of sp³-hybridized carbons (Fsp3) is 0.941. The summed E-state index contributed by atoms with van der Waals surface area (Å²) in [7, 11) is 0. The standard InChI is InChI=1S/C68H114N4O50/c1-15-33(84)42(93)47(98)63(106-15)104-14-28-56(38(89)29(59(103)107-28)69-16(2)80)117-61-31(71-18(4)82)40(91)54(25(11-78)112-61)120-67-51(102)57(121-66-50(101)46(97)55(26(12-79)114-66)116-60-30(70-17(3)81)39(90)52(23(9-76)111-60)118-64-48(99)43(94)34(85)20(6-73)108-64)37(88)27(115-67)13-105-68-58(45(96)36(87)22(8-75)110-68)122-62-32(72-19(5)83)41(92)53(24(10-77)113-62)119-65-49(100)44(95)35(86)21(7-74)109-65/h15,20-68,73-79,84-103H,6-14H2,1-5H3,(H,69,80)(H,70,81)(H,71,82)(H,72,83)/t15-,20+,21+,22+,23+,24+,25+,26+,27+,28+,29+,30+,31+,32+,33+,34-,35-,36+,37+,38+,39+,40+,41+,42+,43-,44-,45-,46+,47-,48+,49+,50-,51-,52+,53+,54+,55+,56+,57-,58-,59+,60-,61-,62-,63+,64-,65-,66+,67-,68-/m0/s1. The SMILES string of the molecule is CC(=O)N[C@@H]1[C@@H](O)[C@H](O[C@@H]2O[C@H](CO)[C@@H](O[C@@H]3O[C@H](CO[C@H]4O[C@H](CO)[C@@H](O)[C@H](O)[C@@H]4O[C@@H]4O[C@H](CO)[C@@H](O[C@@H]5O[C@H](CO)[C@H](O)[C@H](O)[C@H]5O)[C@H](O)[C@H]4NC(C)=O)[C@@H](O)[C@H](O[C@H]4O[C@H](CO)[C@@H](O[C@@H]5O[C@H](CO)[C@@H](O[C@@H]6O[C@H](CO)[C@H](O)[C@H](O)[C@H]6O)[C@H](O)[C@H]5NC(C)=O)[C@H](O)[C@@H]4O)[C@@H]3O)[C@H](O)[C@H]2NC(C)=O)[C@@H](CO[C@@H]2O[C@@H](C)[C@@H](O)[C@@H](O)[C@@H]2O)O[C@H]1O. The largest absolute Gasteiger partial charge is 0.394 e. The van der Waals surface area contributed by atoms with E-state index in [0.29, 0.717) is 0 Å². The molecule has 122 heavy (non-hydrogen) atoms. The molecule has 0 aliphatic carbocycles. The van der Waals surface area contributed by atoms with E-state index in [1.54, 1.807) is 0 Å². The molecular formula is C68H114N4O50. The summed E-state index contributed by atoms with van der Waals surface area (Å²) < 4.78 is 112. The Morgan fingerprint density at radius 1 is 0.230 bits per heavy atom. The van der Waals surface area contributed by atoms with Gasteiger partial charge >= 0.3 is 0 Å². The minimum Gasteiger partial charge on any atom is -0.394 e. The lowest BCUT2D eigenvalue weighted by atomic mass is 9.93. The van der Waals surface area contributed by atoms with Crippen LogP contribution in [-0.4, -0.2) is 528 Å². The molecule has 10 heterocycles. The maximum Gasteiger partial charge on any atom is 0.217 e. The van der Waals surface area contributed by atoms with Crippen molar-refractivity contribution in [2.45, 2.75) is 341 Å². The number of aliphatic hydroxyl groups excluding tert-OH is 27. The molecule has 10 fully saturated rings. The lowest BCUT2D eigenvalue weighted by Crippen LogP contribution is -2.71. The summed E-state index contributed by atoms with van der Waals surface area (Å²) in [6.45, 7) is -4.63. The molecule has 0 radical (unpaired) electrons. The van der Waals surface area contributed by atoms with Gasteiger partial charge in [0.15, 0.2) is 62.9 Å². The Morgan fingerprint density at radius 3 is 0.893 bits per heavy atom. The van der Waals surface area contributed by atoms with Crippen molar-refractivity contribution >= 4 is 23.6 Å². The van der Waals surface area contributed by atoms with Crippen molar-refractivity contribution in [3.63, 3.8) is 0 Å². The van der Waals surface area contributed by atoms with Crippen LogP contribution in [-0.2, 0) is 109 Å². The summed E-state index contributed by atoms with van der Waals surface area (Å²) in [5.41, 5.74) is 0. The van der Waals surface area contributed by atoms with Gasteiger partial charge in [-0.05, 0) is 6.92 Å². The Bertz CT molecular complexity index is 3290. The Kier molecular flexibility index (Phi) is 35.8. The van der Waals surface area contributed by atoms with Crippen molar-refractivity contribution in [1.29, 1.82) is 0 Å². The van der Waals surface area contributed by atoms with Crippen LogP contribution in [0.2, 0.25) is 0 Å². The van der Waals surface area contributed by atoms with Gasteiger partial charge in [0.25, 0.3) is 0 Å². The highest BCUT2D eigenvalue weighted by Gasteiger charge is 2.62. The molecule has 50 atom stereocenters. The zero-order valence-corrected chi connectivity index (χ0v) is 65.7. The van der Waals surface area contributed by atoms with Crippen LogP contribution in [0.15, 0.2) is 0 Å². The van der Waals surface area contributed by atoms with E-state index in [0.717, 1.165) is 27.7 Å². The molecule has 0 aromatic rings. The monoisotopic (exact) mass is 1790 g/mol. The van der Waals surface area contributed by atoms with Gasteiger partial charge in [-0.25, -0.2) is 0 Å². The molecule has 0 saturated carbocycles. The minimum atomic E-state index is -2.57. The molecule has 10 rings (SSSR count). The summed E-state index contributed by atoms with van der Waals surface area (Å²) in [4.78, 5) is 51.3. The van der Waals surface area contributed by atoms with Crippen LogP contribution in [0.1, 0.15) is 34.6 Å². The van der Waals surface area contributed by atoms with E-state index in [1.807, 2.05) is 0 Å². The maximum atomic E-state index is 13.2. The van der Waals surface area contributed by atoms with E-state index in [9.17, 15) is 157 Å². The molecule has 31 N–H and O–H groups in total. The van der Waals surface area contributed by atoms with Crippen LogP contribution in [0.25, 0.3) is 0 Å². The first-order chi connectivity index (χ1) is 57.7. The van der Waals surface area contributed by atoms with Crippen LogP contribution in [0.3, 0.4) is 0 Å². The van der Waals surface area contributed by atoms with Crippen LogP contribution >= 0.6 is 0 Å². The number of hydrogen-bond donors (Lipinski definition) is 31. The van der Waals surface area contributed by atoms with Gasteiger partial charge < -0.3 is 249 Å². The van der Waals surface area contributed by atoms with Gasteiger partial charge in [-0.15, -0.1) is 0 Å². The first-order valence-electron chi connectivity index (χ1n) is 39.0. The number of amides is 4. The summed E-state index contributed by atoms with van der Waals surface area (Å²) in [6.07, 6.45) is -93.9. The quantitative estimate of drug-likeness (QED) is 0.0306. The van der Waals surface area contributed by atoms with Crippen LogP contribution in [0, 0.1) is 0 Å². The number of carbonyl (C=O) groups excluding carboxylic acids is 4. The van der Waals surface area contributed by atoms with Gasteiger partial charge in [-0.2, -0.15) is 0 Å². The predicted molar refractivity (Wildman–Crippen MR) is 375 cm³/mol. The second-order valence-corrected chi connectivity index (χ2v) is 31.0. The molecule has 10 saturated heterocycles. The van der Waals surface area contributed by atoms with E-state index in [1.165, 1.54) is 6.92 Å². The van der Waals surface area contributed by atoms with Crippen LogP contribution < -0.4 is 21.3 Å². The molecule has 0 aromatic heterocycles. The number of carbonyl (C=O) groups is 4. The summed E-state index contributed by atoms with van der Waals surface area (Å²) in [6, 6.07) is -7.51. The first-order valence-corrected chi connectivity index (χ1v) is 39.0. The lowest BCUT2D eigenvalue weighted by Gasteiger charge is -2.51. The van der Waals surface area contributed by atoms with E-state index in [2.05, 4.69) is 21.3 Å². The number of hydrogen-bond acceptors (Lipinski definition) is 50. The third-order valence-electron chi connectivity index (χ3n) is 22.4. The zero-order valence-electron chi connectivity index (χ0n) is 65.7. The topological polar surface area (TPSA) is 838 Å². The molecule has 0 unspecified atom stereocenters. The number of nitrogens with one attached hydrogen (secondary N) is 4. The highest BCUT2D eigenvalue weighted by Crippen LogP contribution is 2.40. The molecule has 10 aliphatic heterocycles. The van der Waals surface area contributed by atoms with Gasteiger partial charge in [-0.3, -0.25) is 19.2 Å². The average Bonchev–Trinajstić information content (AvgIpc) is 0.766. The van der Waals surface area contributed by atoms with Gasteiger partial charge in [-0.1, -0.05) is 0 Å².